The number of carbonyl (C=O) groups is 1. The predicted molar refractivity (Wildman–Crippen MR) is 91.5 cm³/mol. The number of carbonyl (C=O) groups excluding carboxylic acids is 1. The Hall–Kier alpha value is -1.94. The molecule has 1 heterocycles. The number of rotatable bonds is 6. The predicted octanol–water partition coefficient (Wildman–Crippen LogP) is 3.25. The number of hydrogen-bond acceptors (Lipinski definition) is 3. The number of benzene rings is 1. The number of amides is 1. The van der Waals surface area contributed by atoms with E-state index in [1.54, 1.807) is 0 Å². The van der Waals surface area contributed by atoms with Gasteiger partial charge in [0.1, 0.15) is 0 Å². The monoisotopic (exact) mass is 312 g/mol. The lowest BCUT2D eigenvalue weighted by molar-refractivity contribution is 0.0929. The Kier molecular flexibility index (Phi) is 4.35. The molecule has 1 aliphatic rings. The smallest absolute Gasteiger partial charge is 0.252 e. The summed E-state index contributed by atoms with van der Waals surface area (Å²) in [5.41, 5.74) is 2.50. The summed E-state index contributed by atoms with van der Waals surface area (Å²) in [6.07, 6.45) is 2.99. The summed E-state index contributed by atoms with van der Waals surface area (Å²) < 4.78 is 0. The van der Waals surface area contributed by atoms with E-state index < -0.39 is 0 Å². The van der Waals surface area contributed by atoms with Crippen molar-refractivity contribution in [1.29, 1.82) is 0 Å². The highest BCUT2D eigenvalue weighted by atomic mass is 16.3. The highest BCUT2D eigenvalue weighted by Gasteiger charge is 2.27. The van der Waals surface area contributed by atoms with Crippen molar-refractivity contribution in [3.05, 3.63) is 41.6 Å². The lowest BCUT2D eigenvalue weighted by Crippen LogP contribution is -2.34. The SMILES string of the molecule is CC(C)(CCO)CNC(=O)c1cc(C2CC2)nc2ccccc12. The Bertz CT molecular complexity index is 720. The first-order valence-electron chi connectivity index (χ1n) is 8.29. The lowest BCUT2D eigenvalue weighted by atomic mass is 9.89. The molecule has 0 unspecified atom stereocenters. The molecule has 0 saturated heterocycles. The van der Waals surface area contributed by atoms with Crippen molar-refractivity contribution in [1.82, 2.24) is 10.3 Å². The topological polar surface area (TPSA) is 62.2 Å². The Labute approximate surface area is 136 Å². The molecule has 0 atom stereocenters. The number of aliphatic hydroxyl groups is 1. The molecule has 0 spiro atoms. The molecule has 1 amide bonds. The first-order valence-corrected chi connectivity index (χ1v) is 8.29. The summed E-state index contributed by atoms with van der Waals surface area (Å²) in [5, 5.41) is 13.0. The molecule has 1 saturated carbocycles. The average Bonchev–Trinajstić information content (AvgIpc) is 3.36. The summed E-state index contributed by atoms with van der Waals surface area (Å²) in [6, 6.07) is 9.76. The zero-order valence-corrected chi connectivity index (χ0v) is 13.8. The van der Waals surface area contributed by atoms with Crippen LogP contribution in [0.3, 0.4) is 0 Å². The fraction of sp³-hybridized carbons (Fsp3) is 0.474. The van der Waals surface area contributed by atoms with E-state index in [9.17, 15) is 4.79 Å². The minimum absolute atomic E-state index is 0.0588. The van der Waals surface area contributed by atoms with Gasteiger partial charge in [-0.3, -0.25) is 9.78 Å². The van der Waals surface area contributed by atoms with E-state index >= 15 is 0 Å². The van der Waals surface area contributed by atoms with Gasteiger partial charge < -0.3 is 10.4 Å². The van der Waals surface area contributed by atoms with Gasteiger partial charge in [0.25, 0.3) is 5.91 Å². The van der Waals surface area contributed by atoms with Crippen LogP contribution in [0.15, 0.2) is 30.3 Å². The van der Waals surface area contributed by atoms with Crippen LogP contribution in [-0.2, 0) is 0 Å². The highest BCUT2D eigenvalue weighted by molar-refractivity contribution is 6.06. The highest BCUT2D eigenvalue weighted by Crippen LogP contribution is 2.40. The number of aromatic nitrogens is 1. The minimum atomic E-state index is -0.118. The van der Waals surface area contributed by atoms with Crippen LogP contribution in [0.2, 0.25) is 0 Å². The van der Waals surface area contributed by atoms with Gasteiger partial charge in [-0.25, -0.2) is 0 Å². The maximum absolute atomic E-state index is 12.7. The van der Waals surface area contributed by atoms with Gasteiger partial charge in [0.15, 0.2) is 0 Å². The molecule has 1 aromatic heterocycles. The second-order valence-corrected chi connectivity index (χ2v) is 7.21. The number of para-hydroxylation sites is 1. The second kappa shape index (κ2) is 6.28. The summed E-state index contributed by atoms with van der Waals surface area (Å²) >= 11 is 0. The largest absolute Gasteiger partial charge is 0.396 e. The molecule has 2 aromatic rings. The van der Waals surface area contributed by atoms with Gasteiger partial charge in [0.05, 0.1) is 11.1 Å². The van der Waals surface area contributed by atoms with Crippen LogP contribution in [0.1, 0.15) is 55.1 Å². The fourth-order valence-electron chi connectivity index (χ4n) is 2.78. The maximum Gasteiger partial charge on any atom is 0.252 e. The van der Waals surface area contributed by atoms with Gasteiger partial charge in [0, 0.05) is 30.1 Å². The molecule has 23 heavy (non-hydrogen) atoms. The second-order valence-electron chi connectivity index (χ2n) is 7.21. The van der Waals surface area contributed by atoms with Crippen molar-refractivity contribution >= 4 is 16.8 Å². The summed E-state index contributed by atoms with van der Waals surface area (Å²) in [5.74, 6) is 0.452. The fourth-order valence-corrected chi connectivity index (χ4v) is 2.78. The van der Waals surface area contributed by atoms with Crippen LogP contribution in [0.5, 0.6) is 0 Å². The maximum atomic E-state index is 12.7. The Morgan fingerprint density at radius 2 is 2.09 bits per heavy atom. The van der Waals surface area contributed by atoms with Crippen LogP contribution in [0, 0.1) is 5.41 Å². The zero-order valence-electron chi connectivity index (χ0n) is 13.8. The molecule has 3 rings (SSSR count). The molecule has 0 radical (unpaired) electrons. The van der Waals surface area contributed by atoms with Gasteiger partial charge in [-0.05, 0) is 36.8 Å². The molecule has 1 aromatic carbocycles. The third-order valence-electron chi connectivity index (χ3n) is 4.49. The molecular weight excluding hydrogens is 288 g/mol. The van der Waals surface area contributed by atoms with Crippen LogP contribution < -0.4 is 5.32 Å². The third kappa shape index (κ3) is 3.70. The number of aliphatic hydroxyl groups excluding tert-OH is 1. The third-order valence-corrected chi connectivity index (χ3v) is 4.49. The summed E-state index contributed by atoms with van der Waals surface area (Å²) in [6.45, 7) is 4.77. The standard InChI is InChI=1S/C19H24N2O2/c1-19(2,9-10-22)12-20-18(23)15-11-17(13-7-8-13)21-16-6-4-3-5-14(15)16/h3-6,11,13,22H,7-10,12H2,1-2H3,(H,20,23). The molecular formula is C19H24N2O2. The molecule has 1 fully saturated rings. The van der Waals surface area contributed by atoms with E-state index in [-0.39, 0.29) is 17.9 Å². The summed E-state index contributed by atoms with van der Waals surface area (Å²) in [7, 11) is 0. The van der Waals surface area contributed by atoms with Crippen LogP contribution in [0.25, 0.3) is 10.9 Å². The van der Waals surface area contributed by atoms with Crippen molar-refractivity contribution in [2.75, 3.05) is 13.2 Å². The van der Waals surface area contributed by atoms with Crippen molar-refractivity contribution in [3.8, 4) is 0 Å². The Balaban J connectivity index is 1.87. The molecule has 0 aliphatic heterocycles. The van der Waals surface area contributed by atoms with Crippen LogP contribution in [-0.4, -0.2) is 29.1 Å². The van der Waals surface area contributed by atoms with E-state index in [1.807, 2.05) is 44.2 Å². The van der Waals surface area contributed by atoms with Crippen molar-refractivity contribution in [2.24, 2.45) is 5.41 Å². The molecule has 4 heteroatoms. The van der Waals surface area contributed by atoms with Gasteiger partial charge in [-0.2, -0.15) is 0 Å². The molecule has 1 aliphatic carbocycles. The van der Waals surface area contributed by atoms with Crippen LogP contribution in [0.4, 0.5) is 0 Å². The number of nitrogens with one attached hydrogen (secondary N) is 1. The Morgan fingerprint density at radius 1 is 1.35 bits per heavy atom. The molecule has 0 bridgehead atoms. The Morgan fingerprint density at radius 3 is 2.78 bits per heavy atom. The van der Waals surface area contributed by atoms with Gasteiger partial charge in [0.2, 0.25) is 0 Å². The van der Waals surface area contributed by atoms with Gasteiger partial charge >= 0.3 is 0 Å². The number of pyridine rings is 1. The number of hydrogen-bond donors (Lipinski definition) is 2. The van der Waals surface area contributed by atoms with E-state index in [0.717, 1.165) is 29.4 Å². The van der Waals surface area contributed by atoms with Crippen molar-refractivity contribution in [2.45, 2.75) is 39.0 Å². The van der Waals surface area contributed by atoms with E-state index in [4.69, 9.17) is 10.1 Å². The average molecular weight is 312 g/mol. The van der Waals surface area contributed by atoms with Crippen molar-refractivity contribution < 1.29 is 9.90 Å². The first kappa shape index (κ1) is 15.9. The minimum Gasteiger partial charge on any atom is -0.396 e. The molecule has 2 N–H and O–H groups in total. The van der Waals surface area contributed by atoms with E-state index in [2.05, 4.69) is 5.32 Å². The van der Waals surface area contributed by atoms with E-state index in [1.165, 1.54) is 0 Å². The summed E-state index contributed by atoms with van der Waals surface area (Å²) in [4.78, 5) is 17.4. The van der Waals surface area contributed by atoms with Crippen LogP contribution >= 0.6 is 0 Å². The number of fused-ring (bicyclic) bond motifs is 1. The van der Waals surface area contributed by atoms with Gasteiger partial charge in [-0.15, -0.1) is 0 Å². The first-order chi connectivity index (χ1) is 11.0. The number of nitrogens with zero attached hydrogens (tertiary/aromatic N) is 1. The molecule has 122 valence electrons. The normalized spacial score (nSPS) is 14.9. The zero-order chi connectivity index (χ0) is 16.4. The quantitative estimate of drug-likeness (QED) is 0.860. The van der Waals surface area contributed by atoms with Gasteiger partial charge in [-0.1, -0.05) is 32.0 Å². The lowest BCUT2D eigenvalue weighted by Gasteiger charge is -2.24. The van der Waals surface area contributed by atoms with Crippen molar-refractivity contribution in [3.63, 3.8) is 0 Å². The molecule has 4 nitrogen and oxygen atoms in total. The van der Waals surface area contributed by atoms with E-state index in [0.29, 0.717) is 24.4 Å².